The van der Waals surface area contributed by atoms with Crippen LogP contribution in [0.4, 0.5) is 4.39 Å². The van der Waals surface area contributed by atoms with Gasteiger partial charge in [-0.25, -0.2) is 9.18 Å². The third-order valence-electron chi connectivity index (χ3n) is 1.86. The van der Waals surface area contributed by atoms with Gasteiger partial charge in [0.1, 0.15) is 6.61 Å². The summed E-state index contributed by atoms with van der Waals surface area (Å²) in [6.45, 7) is -0.0354. The Morgan fingerprint density at radius 1 is 1.50 bits per heavy atom. The van der Waals surface area contributed by atoms with Crippen LogP contribution in [0.5, 0.6) is 5.75 Å². The molecule has 3 nitrogen and oxygen atoms in total. The summed E-state index contributed by atoms with van der Waals surface area (Å²) < 4.78 is 18.6. The largest absolute Gasteiger partial charge is 0.485 e. The van der Waals surface area contributed by atoms with Gasteiger partial charge < -0.3 is 9.84 Å². The van der Waals surface area contributed by atoms with E-state index in [0.29, 0.717) is 5.56 Å². The Kier molecular flexibility index (Phi) is 5.68. The lowest BCUT2D eigenvalue weighted by molar-refractivity contribution is -0.131. The second-order valence-electron chi connectivity index (χ2n) is 3.21. The Labute approximate surface area is 113 Å². The summed E-state index contributed by atoms with van der Waals surface area (Å²) in [6, 6.07) is 4.07. The molecule has 0 aliphatic rings. The number of carboxylic acids is 1. The molecule has 0 unspecified atom stereocenters. The van der Waals surface area contributed by atoms with E-state index in [-0.39, 0.29) is 17.4 Å². The second kappa shape index (κ2) is 7.03. The molecule has 0 radical (unpaired) electrons. The van der Waals surface area contributed by atoms with Crippen LogP contribution < -0.4 is 4.74 Å². The number of carbonyl (C=O) groups is 1. The molecular formula is C12H9Cl2FO3. The number of ether oxygens (including phenoxy) is 1. The van der Waals surface area contributed by atoms with Gasteiger partial charge in [0.2, 0.25) is 0 Å². The molecular weight excluding hydrogens is 282 g/mol. The van der Waals surface area contributed by atoms with Crippen LogP contribution in [0.15, 0.2) is 34.8 Å². The van der Waals surface area contributed by atoms with Gasteiger partial charge in [-0.3, -0.25) is 0 Å². The van der Waals surface area contributed by atoms with Crippen molar-refractivity contribution in [3.05, 3.63) is 46.2 Å². The molecule has 0 aliphatic heterocycles. The maximum absolute atomic E-state index is 13.5. The van der Waals surface area contributed by atoms with Gasteiger partial charge >= 0.3 is 5.97 Å². The van der Waals surface area contributed by atoms with Crippen LogP contribution in [0, 0.1) is 5.82 Å². The quantitative estimate of drug-likeness (QED) is 0.843. The van der Waals surface area contributed by atoms with Gasteiger partial charge in [0.05, 0.1) is 5.03 Å². The first-order chi connectivity index (χ1) is 8.52. The van der Waals surface area contributed by atoms with Crippen molar-refractivity contribution in [1.82, 2.24) is 0 Å². The van der Waals surface area contributed by atoms with Gasteiger partial charge in [-0.1, -0.05) is 29.3 Å². The van der Waals surface area contributed by atoms with Crippen LogP contribution in [0.25, 0.3) is 6.08 Å². The minimum atomic E-state index is -1.10. The fraction of sp³-hybridized carbons (Fsp3) is 0.0833. The van der Waals surface area contributed by atoms with E-state index in [0.717, 1.165) is 17.7 Å². The van der Waals surface area contributed by atoms with Crippen molar-refractivity contribution in [2.45, 2.75) is 0 Å². The first-order valence-corrected chi connectivity index (χ1v) is 5.62. The number of benzene rings is 1. The van der Waals surface area contributed by atoms with Crippen molar-refractivity contribution in [2.75, 3.05) is 6.61 Å². The Bertz CT molecular complexity index is 498. The highest BCUT2D eigenvalue weighted by molar-refractivity contribution is 6.36. The summed E-state index contributed by atoms with van der Waals surface area (Å²) in [5.41, 5.74) is 1.55. The van der Waals surface area contributed by atoms with Crippen LogP contribution in [0.3, 0.4) is 0 Å². The van der Waals surface area contributed by atoms with E-state index in [1.54, 1.807) is 0 Å². The number of hydrogen-bond acceptors (Lipinski definition) is 2. The monoisotopic (exact) mass is 290 g/mol. The lowest BCUT2D eigenvalue weighted by Gasteiger charge is -2.06. The molecule has 6 heteroatoms. The van der Waals surface area contributed by atoms with E-state index in [1.807, 2.05) is 0 Å². The van der Waals surface area contributed by atoms with Crippen LogP contribution in [-0.4, -0.2) is 17.7 Å². The van der Waals surface area contributed by atoms with Gasteiger partial charge in [-0.2, -0.15) is 0 Å². The molecule has 0 aromatic heterocycles. The van der Waals surface area contributed by atoms with Crippen molar-refractivity contribution in [3.8, 4) is 5.75 Å². The topological polar surface area (TPSA) is 46.5 Å². The first-order valence-electron chi connectivity index (χ1n) is 4.81. The third kappa shape index (κ3) is 4.77. The minimum absolute atomic E-state index is 0.0131. The zero-order chi connectivity index (χ0) is 13.5. The molecule has 0 amide bonds. The summed E-state index contributed by atoms with van der Waals surface area (Å²) in [5.74, 6) is -1.70. The van der Waals surface area contributed by atoms with Crippen molar-refractivity contribution in [2.24, 2.45) is 0 Å². The first kappa shape index (κ1) is 14.5. The molecule has 96 valence electrons. The van der Waals surface area contributed by atoms with E-state index in [4.69, 9.17) is 33.0 Å². The van der Waals surface area contributed by atoms with Crippen LogP contribution in [0.2, 0.25) is 0 Å². The van der Waals surface area contributed by atoms with E-state index in [9.17, 15) is 9.18 Å². The number of carboxylic acid groups (broad SMARTS) is 1. The predicted molar refractivity (Wildman–Crippen MR) is 68.4 cm³/mol. The molecule has 0 heterocycles. The zero-order valence-corrected chi connectivity index (χ0v) is 10.6. The molecule has 0 fully saturated rings. The molecule has 1 rings (SSSR count). The number of halogens is 3. The van der Waals surface area contributed by atoms with Gasteiger partial charge in [0, 0.05) is 11.6 Å². The number of rotatable bonds is 5. The maximum Gasteiger partial charge on any atom is 0.328 e. The fourth-order valence-electron chi connectivity index (χ4n) is 1.08. The second-order valence-corrected chi connectivity index (χ2v) is 3.91. The molecule has 1 N–H and O–H groups in total. The smallest absolute Gasteiger partial charge is 0.328 e. The fourth-order valence-corrected chi connectivity index (χ4v) is 1.20. The van der Waals surface area contributed by atoms with Gasteiger partial charge in [-0.05, 0) is 23.8 Å². The molecule has 1 aromatic rings. The molecule has 0 spiro atoms. The normalized spacial score (nSPS) is 11.8. The van der Waals surface area contributed by atoms with Gasteiger partial charge in [-0.15, -0.1) is 0 Å². The van der Waals surface area contributed by atoms with Crippen molar-refractivity contribution < 1.29 is 19.0 Å². The van der Waals surface area contributed by atoms with E-state index in [1.165, 1.54) is 18.2 Å². The highest BCUT2D eigenvalue weighted by atomic mass is 35.5. The molecule has 0 atom stereocenters. The molecule has 0 aliphatic carbocycles. The van der Waals surface area contributed by atoms with E-state index < -0.39 is 11.8 Å². The highest BCUT2D eigenvalue weighted by Crippen LogP contribution is 2.20. The average molecular weight is 291 g/mol. The molecule has 0 saturated heterocycles. The van der Waals surface area contributed by atoms with Gasteiger partial charge in [0.15, 0.2) is 11.6 Å². The number of hydrogen-bond donors (Lipinski definition) is 1. The Morgan fingerprint density at radius 3 is 2.78 bits per heavy atom. The Morgan fingerprint density at radius 2 is 2.22 bits per heavy atom. The summed E-state index contributed by atoms with van der Waals surface area (Å²) >= 11 is 10.9. The van der Waals surface area contributed by atoms with Crippen molar-refractivity contribution in [3.63, 3.8) is 0 Å². The SMILES string of the molecule is O=C(O)/C=C/c1ccc(OC/C(Cl)=C/Cl)c(F)c1. The van der Waals surface area contributed by atoms with Crippen LogP contribution in [0.1, 0.15) is 5.56 Å². The Balaban J connectivity index is 2.76. The maximum atomic E-state index is 13.5. The molecule has 18 heavy (non-hydrogen) atoms. The standard InChI is InChI=1S/C12H9Cl2FO3/c13-6-9(14)7-18-11-3-1-8(5-10(11)15)2-4-12(16)17/h1-6H,7H2,(H,16,17)/b4-2+,9-6-. The molecule has 1 aromatic carbocycles. The third-order valence-corrected chi connectivity index (χ3v) is 2.45. The van der Waals surface area contributed by atoms with Crippen LogP contribution in [-0.2, 0) is 4.79 Å². The average Bonchev–Trinajstić information content (AvgIpc) is 2.34. The summed E-state index contributed by atoms with van der Waals surface area (Å²) in [4.78, 5) is 10.3. The van der Waals surface area contributed by atoms with Crippen molar-refractivity contribution in [1.29, 1.82) is 0 Å². The molecule has 0 saturated carbocycles. The minimum Gasteiger partial charge on any atom is -0.485 e. The van der Waals surface area contributed by atoms with Crippen molar-refractivity contribution >= 4 is 35.2 Å². The Hall–Kier alpha value is -1.52. The summed E-state index contributed by atoms with van der Waals surface area (Å²) in [7, 11) is 0. The van der Waals surface area contributed by atoms with E-state index in [2.05, 4.69) is 0 Å². The lowest BCUT2D eigenvalue weighted by Crippen LogP contribution is -1.99. The highest BCUT2D eigenvalue weighted by Gasteiger charge is 2.04. The zero-order valence-electron chi connectivity index (χ0n) is 9.07. The predicted octanol–water partition coefficient (Wildman–Crippen LogP) is 3.62. The summed E-state index contributed by atoms with van der Waals surface area (Å²) in [5, 5.41) is 8.67. The summed E-state index contributed by atoms with van der Waals surface area (Å²) in [6.07, 6.45) is 2.20. The molecule has 0 bridgehead atoms. The van der Waals surface area contributed by atoms with Gasteiger partial charge in [0.25, 0.3) is 0 Å². The van der Waals surface area contributed by atoms with E-state index >= 15 is 0 Å². The van der Waals surface area contributed by atoms with Crippen LogP contribution >= 0.6 is 23.2 Å². The number of aliphatic carboxylic acids is 1. The lowest BCUT2D eigenvalue weighted by atomic mass is 10.2.